The molecule has 2 nitrogen and oxygen atoms in total. The van der Waals surface area contributed by atoms with Gasteiger partial charge in [0.05, 0.1) is 5.54 Å². The molecular formula is C11H21NO. The van der Waals surface area contributed by atoms with Gasteiger partial charge in [-0.05, 0) is 32.2 Å². The largest absolute Gasteiger partial charge is 0.305 e. The Hall–Kier alpha value is -0.370. The molecule has 1 aliphatic heterocycles. The zero-order chi connectivity index (χ0) is 10.1. The summed E-state index contributed by atoms with van der Waals surface area (Å²) in [4.78, 5) is 12.0. The van der Waals surface area contributed by atoms with Crippen molar-refractivity contribution in [3.8, 4) is 0 Å². The van der Waals surface area contributed by atoms with E-state index in [2.05, 4.69) is 19.2 Å². The smallest absolute Gasteiger partial charge is 0.155 e. The van der Waals surface area contributed by atoms with Crippen LogP contribution in [-0.4, -0.2) is 17.9 Å². The van der Waals surface area contributed by atoms with Gasteiger partial charge in [-0.15, -0.1) is 0 Å². The fourth-order valence-electron chi connectivity index (χ4n) is 1.91. The second kappa shape index (κ2) is 3.79. The summed E-state index contributed by atoms with van der Waals surface area (Å²) in [5, 5.41) is 3.32. The molecule has 0 amide bonds. The van der Waals surface area contributed by atoms with Gasteiger partial charge >= 0.3 is 0 Å². The van der Waals surface area contributed by atoms with Crippen LogP contribution in [0.4, 0.5) is 0 Å². The van der Waals surface area contributed by atoms with Crippen LogP contribution in [0.1, 0.15) is 40.5 Å². The van der Waals surface area contributed by atoms with Crippen molar-refractivity contribution in [2.24, 2.45) is 11.8 Å². The number of rotatable bonds is 3. The maximum absolute atomic E-state index is 12.0. The summed E-state index contributed by atoms with van der Waals surface area (Å²) >= 11 is 0. The minimum absolute atomic E-state index is 0.176. The van der Waals surface area contributed by atoms with Crippen LogP contribution in [0.3, 0.4) is 0 Å². The molecule has 2 unspecified atom stereocenters. The van der Waals surface area contributed by atoms with Crippen LogP contribution < -0.4 is 5.32 Å². The number of ketones is 1. The molecule has 0 saturated carbocycles. The molecule has 1 N–H and O–H groups in total. The lowest BCUT2D eigenvalue weighted by atomic mass is 9.82. The first kappa shape index (κ1) is 10.7. The molecule has 0 aromatic heterocycles. The van der Waals surface area contributed by atoms with E-state index in [-0.39, 0.29) is 11.5 Å². The van der Waals surface area contributed by atoms with Gasteiger partial charge in [-0.2, -0.15) is 0 Å². The van der Waals surface area contributed by atoms with Crippen molar-refractivity contribution in [2.75, 3.05) is 6.54 Å². The molecule has 1 aliphatic rings. The lowest BCUT2D eigenvalue weighted by molar-refractivity contribution is -0.129. The molecule has 0 aliphatic carbocycles. The zero-order valence-electron chi connectivity index (χ0n) is 9.18. The van der Waals surface area contributed by atoms with Crippen molar-refractivity contribution >= 4 is 5.78 Å². The molecular weight excluding hydrogens is 162 g/mol. The summed E-state index contributed by atoms with van der Waals surface area (Å²) in [7, 11) is 0. The topological polar surface area (TPSA) is 29.1 Å². The van der Waals surface area contributed by atoms with Crippen LogP contribution in [0.15, 0.2) is 0 Å². The summed E-state index contributed by atoms with van der Waals surface area (Å²) in [5.74, 6) is 1.02. The summed E-state index contributed by atoms with van der Waals surface area (Å²) in [6.07, 6.45) is 2.13. The summed E-state index contributed by atoms with van der Waals surface area (Å²) in [6.45, 7) is 9.30. The van der Waals surface area contributed by atoms with Gasteiger partial charge in [0.1, 0.15) is 0 Å². The Morgan fingerprint density at radius 2 is 2.00 bits per heavy atom. The normalized spacial score (nSPS) is 30.8. The Kier molecular flexibility index (Phi) is 3.12. The first-order valence-corrected chi connectivity index (χ1v) is 5.27. The zero-order valence-corrected chi connectivity index (χ0v) is 9.18. The lowest BCUT2D eigenvalue weighted by Crippen LogP contribution is -2.48. The molecule has 0 aromatic rings. The minimum Gasteiger partial charge on any atom is -0.305 e. The molecule has 76 valence electrons. The second-order valence-electron chi connectivity index (χ2n) is 4.76. The monoisotopic (exact) mass is 183 g/mol. The highest BCUT2D eigenvalue weighted by Crippen LogP contribution is 2.25. The van der Waals surface area contributed by atoms with Crippen molar-refractivity contribution < 1.29 is 4.79 Å². The van der Waals surface area contributed by atoms with E-state index in [1.54, 1.807) is 0 Å². The van der Waals surface area contributed by atoms with Gasteiger partial charge in [0, 0.05) is 5.92 Å². The number of Topliss-reactive ketones (excluding diaryl/α,β-unsaturated/α-hetero) is 1. The van der Waals surface area contributed by atoms with Crippen LogP contribution in [0, 0.1) is 11.8 Å². The van der Waals surface area contributed by atoms with Crippen molar-refractivity contribution in [2.45, 2.75) is 46.1 Å². The molecule has 1 saturated heterocycles. The molecule has 0 spiro atoms. The van der Waals surface area contributed by atoms with Crippen LogP contribution in [0.5, 0.6) is 0 Å². The van der Waals surface area contributed by atoms with Crippen molar-refractivity contribution in [1.82, 2.24) is 5.32 Å². The molecule has 1 rings (SSSR count). The summed E-state index contributed by atoms with van der Waals surface area (Å²) < 4.78 is 0. The van der Waals surface area contributed by atoms with E-state index in [9.17, 15) is 4.79 Å². The Morgan fingerprint density at radius 3 is 2.38 bits per heavy atom. The van der Waals surface area contributed by atoms with Crippen LogP contribution in [0.2, 0.25) is 0 Å². The highest BCUT2D eigenvalue weighted by molar-refractivity contribution is 5.90. The van der Waals surface area contributed by atoms with Crippen molar-refractivity contribution in [1.29, 1.82) is 0 Å². The van der Waals surface area contributed by atoms with Crippen LogP contribution >= 0.6 is 0 Å². The quantitative estimate of drug-likeness (QED) is 0.725. The Morgan fingerprint density at radius 1 is 1.38 bits per heavy atom. The average Bonchev–Trinajstić information content (AvgIpc) is 2.50. The first-order chi connectivity index (χ1) is 5.97. The van der Waals surface area contributed by atoms with Crippen molar-refractivity contribution in [3.63, 3.8) is 0 Å². The SMILES string of the molecule is CC(C)C(C)C(=O)C1(C)CCCN1. The summed E-state index contributed by atoms with van der Waals surface area (Å²) in [5.41, 5.74) is -0.232. The van der Waals surface area contributed by atoms with Gasteiger partial charge < -0.3 is 5.32 Å². The highest BCUT2D eigenvalue weighted by Gasteiger charge is 2.38. The van der Waals surface area contributed by atoms with E-state index in [0.29, 0.717) is 11.7 Å². The van der Waals surface area contributed by atoms with Crippen LogP contribution in [-0.2, 0) is 4.79 Å². The molecule has 0 radical (unpaired) electrons. The van der Waals surface area contributed by atoms with E-state index in [1.165, 1.54) is 0 Å². The molecule has 2 heteroatoms. The van der Waals surface area contributed by atoms with Gasteiger partial charge in [-0.3, -0.25) is 4.79 Å². The highest BCUT2D eigenvalue weighted by atomic mass is 16.1. The van der Waals surface area contributed by atoms with Crippen LogP contribution in [0.25, 0.3) is 0 Å². The third-order valence-electron chi connectivity index (χ3n) is 3.33. The number of carbonyl (C=O) groups excluding carboxylic acids is 1. The fraction of sp³-hybridized carbons (Fsp3) is 0.909. The standard InChI is InChI=1S/C11H21NO/c1-8(2)9(3)10(13)11(4)6-5-7-12-11/h8-9,12H,5-7H2,1-4H3. The molecule has 13 heavy (non-hydrogen) atoms. The van der Waals surface area contributed by atoms with E-state index in [0.717, 1.165) is 19.4 Å². The maximum Gasteiger partial charge on any atom is 0.155 e. The van der Waals surface area contributed by atoms with E-state index in [4.69, 9.17) is 0 Å². The molecule has 1 heterocycles. The number of nitrogens with one attached hydrogen (secondary N) is 1. The predicted molar refractivity (Wildman–Crippen MR) is 54.7 cm³/mol. The van der Waals surface area contributed by atoms with E-state index in [1.807, 2.05) is 13.8 Å². The van der Waals surface area contributed by atoms with E-state index >= 15 is 0 Å². The Balaban J connectivity index is 2.65. The lowest BCUT2D eigenvalue weighted by Gasteiger charge is -2.28. The second-order valence-corrected chi connectivity index (χ2v) is 4.76. The van der Waals surface area contributed by atoms with Gasteiger partial charge in [-0.1, -0.05) is 20.8 Å². The third-order valence-corrected chi connectivity index (χ3v) is 3.33. The molecule has 1 fully saturated rings. The number of hydrogen-bond donors (Lipinski definition) is 1. The van der Waals surface area contributed by atoms with Gasteiger partial charge in [0.25, 0.3) is 0 Å². The Labute approximate surface area is 81.1 Å². The summed E-state index contributed by atoms with van der Waals surface area (Å²) in [6, 6.07) is 0. The predicted octanol–water partition coefficient (Wildman–Crippen LogP) is 1.99. The van der Waals surface area contributed by atoms with Crippen molar-refractivity contribution in [3.05, 3.63) is 0 Å². The third kappa shape index (κ3) is 2.11. The molecule has 0 bridgehead atoms. The first-order valence-electron chi connectivity index (χ1n) is 5.27. The number of carbonyl (C=O) groups is 1. The Bertz CT molecular complexity index is 192. The maximum atomic E-state index is 12.0. The minimum atomic E-state index is -0.232. The van der Waals surface area contributed by atoms with Gasteiger partial charge in [0.15, 0.2) is 5.78 Å². The molecule has 0 aromatic carbocycles. The van der Waals surface area contributed by atoms with Gasteiger partial charge in [-0.25, -0.2) is 0 Å². The number of hydrogen-bond acceptors (Lipinski definition) is 2. The fourth-order valence-corrected chi connectivity index (χ4v) is 1.91. The van der Waals surface area contributed by atoms with Gasteiger partial charge in [0.2, 0.25) is 0 Å². The average molecular weight is 183 g/mol. The van der Waals surface area contributed by atoms with E-state index < -0.39 is 0 Å². The molecule has 2 atom stereocenters.